The van der Waals surface area contributed by atoms with Crippen molar-refractivity contribution < 1.29 is 23.7 Å². The highest BCUT2D eigenvalue weighted by Crippen LogP contribution is 2.46. The molecule has 5 nitrogen and oxygen atoms in total. The van der Waals surface area contributed by atoms with Crippen LogP contribution in [0.5, 0.6) is 23.0 Å². The molecule has 0 saturated heterocycles. The number of allylic oxidation sites excluding steroid dienone is 1. The normalized spacial score (nSPS) is 18.1. The molecule has 2 heterocycles. The van der Waals surface area contributed by atoms with Crippen LogP contribution in [0, 0.1) is 0 Å². The van der Waals surface area contributed by atoms with Crippen LogP contribution in [-0.4, -0.2) is 26.6 Å². The molecule has 0 atom stereocenters. The van der Waals surface area contributed by atoms with E-state index in [1.165, 1.54) is 0 Å². The highest BCUT2D eigenvalue weighted by Gasteiger charge is 2.36. The van der Waals surface area contributed by atoms with Crippen LogP contribution in [0.1, 0.15) is 15.9 Å². The lowest BCUT2D eigenvalue weighted by Gasteiger charge is -2.06. The maximum atomic E-state index is 12.7. The highest BCUT2D eigenvalue weighted by atomic mass is 16.5. The van der Waals surface area contributed by atoms with Gasteiger partial charge in [-0.15, -0.1) is 0 Å². The quantitative estimate of drug-likeness (QED) is 0.798. The Balaban J connectivity index is 1.86. The second kappa shape index (κ2) is 5.05. The summed E-state index contributed by atoms with van der Waals surface area (Å²) < 4.78 is 22.1. The van der Waals surface area contributed by atoms with Gasteiger partial charge in [-0.1, -0.05) is 18.2 Å². The van der Waals surface area contributed by atoms with Crippen molar-refractivity contribution in [3.8, 4) is 23.0 Å². The van der Waals surface area contributed by atoms with E-state index in [-0.39, 0.29) is 18.1 Å². The van der Waals surface area contributed by atoms with Crippen LogP contribution in [0.25, 0.3) is 5.57 Å². The Morgan fingerprint density at radius 3 is 2.26 bits per heavy atom. The second-order valence-corrected chi connectivity index (χ2v) is 5.20. The van der Waals surface area contributed by atoms with Gasteiger partial charge in [0.05, 0.1) is 19.8 Å². The van der Waals surface area contributed by atoms with Crippen molar-refractivity contribution in [2.24, 2.45) is 0 Å². The summed E-state index contributed by atoms with van der Waals surface area (Å²) >= 11 is 0. The van der Waals surface area contributed by atoms with E-state index in [1.54, 1.807) is 32.4 Å². The first-order chi connectivity index (χ1) is 11.2. The molecular formula is C18H14O5. The first kappa shape index (κ1) is 13.7. The SMILES string of the molecule is COc1cccc2c1O/C(=C1\COc3c(OC)cccc31)C2=O. The van der Waals surface area contributed by atoms with Crippen LogP contribution < -0.4 is 18.9 Å². The molecule has 0 amide bonds. The van der Waals surface area contributed by atoms with Crippen LogP contribution >= 0.6 is 0 Å². The molecule has 4 rings (SSSR count). The molecule has 0 aliphatic carbocycles. The number of methoxy groups -OCH3 is 2. The fourth-order valence-electron chi connectivity index (χ4n) is 2.90. The van der Waals surface area contributed by atoms with Crippen LogP contribution in [0.15, 0.2) is 42.2 Å². The smallest absolute Gasteiger partial charge is 0.232 e. The topological polar surface area (TPSA) is 54.0 Å². The first-order valence-electron chi connectivity index (χ1n) is 7.17. The molecule has 5 heteroatoms. The first-order valence-corrected chi connectivity index (χ1v) is 7.17. The fourth-order valence-corrected chi connectivity index (χ4v) is 2.90. The number of fused-ring (bicyclic) bond motifs is 2. The van der Waals surface area contributed by atoms with E-state index >= 15 is 0 Å². The molecule has 2 aliphatic rings. The van der Waals surface area contributed by atoms with E-state index < -0.39 is 0 Å². The summed E-state index contributed by atoms with van der Waals surface area (Å²) in [7, 11) is 3.13. The number of ether oxygens (including phenoxy) is 4. The van der Waals surface area contributed by atoms with E-state index in [4.69, 9.17) is 18.9 Å². The van der Waals surface area contributed by atoms with Gasteiger partial charge in [-0.05, 0) is 18.2 Å². The molecule has 0 bridgehead atoms. The molecule has 0 radical (unpaired) electrons. The summed E-state index contributed by atoms with van der Waals surface area (Å²) in [4.78, 5) is 12.7. The summed E-state index contributed by atoms with van der Waals surface area (Å²) in [5.74, 6) is 2.40. The molecule has 2 aromatic carbocycles. The van der Waals surface area contributed by atoms with Gasteiger partial charge >= 0.3 is 0 Å². The predicted molar refractivity (Wildman–Crippen MR) is 83.4 cm³/mol. The monoisotopic (exact) mass is 310 g/mol. The minimum Gasteiger partial charge on any atom is -0.493 e. The zero-order valence-corrected chi connectivity index (χ0v) is 12.7. The third kappa shape index (κ3) is 1.90. The number of hydrogen-bond donors (Lipinski definition) is 0. The fraction of sp³-hybridized carbons (Fsp3) is 0.167. The molecule has 0 fully saturated rings. The van der Waals surface area contributed by atoms with Gasteiger partial charge in [0.1, 0.15) is 6.61 Å². The maximum Gasteiger partial charge on any atom is 0.232 e. The molecular weight excluding hydrogens is 296 g/mol. The third-order valence-electron chi connectivity index (χ3n) is 4.01. The van der Waals surface area contributed by atoms with Crippen molar-refractivity contribution in [1.29, 1.82) is 0 Å². The number of rotatable bonds is 2. The van der Waals surface area contributed by atoms with Crippen LogP contribution in [0.4, 0.5) is 0 Å². The number of carbonyl (C=O) groups excluding carboxylic acids is 1. The number of ketones is 1. The van der Waals surface area contributed by atoms with E-state index in [9.17, 15) is 4.79 Å². The number of hydrogen-bond acceptors (Lipinski definition) is 5. The van der Waals surface area contributed by atoms with Crippen molar-refractivity contribution in [3.63, 3.8) is 0 Å². The largest absolute Gasteiger partial charge is 0.493 e. The van der Waals surface area contributed by atoms with Crippen LogP contribution in [-0.2, 0) is 0 Å². The van der Waals surface area contributed by atoms with E-state index in [1.807, 2.05) is 18.2 Å². The molecule has 2 aliphatic heterocycles. The number of Topliss-reactive ketones (excluding diaryl/α,β-unsaturated/α-hetero) is 1. The predicted octanol–water partition coefficient (Wildman–Crippen LogP) is 3.08. The minimum absolute atomic E-state index is 0.159. The Bertz CT molecular complexity index is 850. The van der Waals surface area contributed by atoms with Crippen molar-refractivity contribution in [2.75, 3.05) is 20.8 Å². The summed E-state index contributed by atoms with van der Waals surface area (Å²) in [6.45, 7) is 0.271. The summed E-state index contributed by atoms with van der Waals surface area (Å²) in [6, 6.07) is 10.8. The molecule has 0 N–H and O–H groups in total. The van der Waals surface area contributed by atoms with Gasteiger partial charge in [0.2, 0.25) is 5.78 Å². The zero-order chi connectivity index (χ0) is 16.0. The van der Waals surface area contributed by atoms with Crippen molar-refractivity contribution >= 4 is 11.4 Å². The average Bonchev–Trinajstić information content (AvgIpc) is 3.16. The number of carbonyl (C=O) groups is 1. The van der Waals surface area contributed by atoms with Gasteiger partial charge < -0.3 is 18.9 Å². The maximum absolute atomic E-state index is 12.7. The Morgan fingerprint density at radius 1 is 0.913 bits per heavy atom. The third-order valence-corrected chi connectivity index (χ3v) is 4.01. The summed E-state index contributed by atoms with van der Waals surface area (Å²) in [5, 5.41) is 0. The lowest BCUT2D eigenvalue weighted by molar-refractivity contribution is 0.101. The average molecular weight is 310 g/mol. The van der Waals surface area contributed by atoms with Crippen molar-refractivity contribution in [1.82, 2.24) is 0 Å². The molecule has 0 spiro atoms. The molecule has 2 aromatic rings. The molecule has 23 heavy (non-hydrogen) atoms. The van der Waals surface area contributed by atoms with Crippen LogP contribution in [0.3, 0.4) is 0 Å². The van der Waals surface area contributed by atoms with Gasteiger partial charge in [0.25, 0.3) is 0 Å². The van der Waals surface area contributed by atoms with E-state index in [0.717, 1.165) is 11.1 Å². The number of benzene rings is 2. The van der Waals surface area contributed by atoms with Crippen molar-refractivity contribution in [2.45, 2.75) is 0 Å². The molecule has 0 saturated carbocycles. The lowest BCUT2D eigenvalue weighted by Crippen LogP contribution is -2.04. The van der Waals surface area contributed by atoms with E-state index in [2.05, 4.69) is 0 Å². The van der Waals surface area contributed by atoms with Crippen molar-refractivity contribution in [3.05, 3.63) is 53.3 Å². The second-order valence-electron chi connectivity index (χ2n) is 5.20. The van der Waals surface area contributed by atoms with E-state index in [0.29, 0.717) is 28.6 Å². The zero-order valence-electron chi connectivity index (χ0n) is 12.7. The van der Waals surface area contributed by atoms with Gasteiger partial charge in [-0.25, -0.2) is 0 Å². The standard InChI is InChI=1S/C18H14O5/c1-20-13-7-3-5-10-12(9-22-16(10)13)18-15(19)11-6-4-8-14(21-2)17(11)23-18/h3-8H,9H2,1-2H3/b18-12+. The van der Waals surface area contributed by atoms with Gasteiger partial charge in [0.15, 0.2) is 28.8 Å². The Morgan fingerprint density at radius 2 is 1.57 bits per heavy atom. The lowest BCUT2D eigenvalue weighted by atomic mass is 10.0. The van der Waals surface area contributed by atoms with Crippen LogP contribution in [0.2, 0.25) is 0 Å². The minimum atomic E-state index is -0.159. The molecule has 0 aromatic heterocycles. The summed E-state index contributed by atoms with van der Waals surface area (Å²) in [5.41, 5.74) is 2.05. The summed E-state index contributed by atoms with van der Waals surface area (Å²) in [6.07, 6.45) is 0. The van der Waals surface area contributed by atoms with Gasteiger partial charge in [-0.3, -0.25) is 4.79 Å². The number of para-hydroxylation sites is 2. The highest BCUT2D eigenvalue weighted by molar-refractivity contribution is 6.17. The van der Waals surface area contributed by atoms with Gasteiger partial charge in [-0.2, -0.15) is 0 Å². The molecule has 0 unspecified atom stereocenters. The Labute approximate surface area is 133 Å². The van der Waals surface area contributed by atoms with Gasteiger partial charge in [0, 0.05) is 11.1 Å². The Hall–Kier alpha value is -2.95. The Kier molecular flexibility index (Phi) is 3.01. The molecule has 116 valence electrons.